The molecular weight excluding hydrogens is 368 g/mol. The van der Waals surface area contributed by atoms with E-state index >= 15 is 0 Å². The lowest BCUT2D eigenvalue weighted by molar-refractivity contribution is 0.430. The van der Waals surface area contributed by atoms with Crippen molar-refractivity contribution < 1.29 is 9.52 Å². The van der Waals surface area contributed by atoms with Crippen molar-refractivity contribution >= 4 is 0 Å². The minimum absolute atomic E-state index is 0.107. The van der Waals surface area contributed by atoms with Crippen LogP contribution < -0.4 is 11.0 Å². The summed E-state index contributed by atoms with van der Waals surface area (Å²) in [5.74, 6) is -0.420. The average molecular weight is 388 g/mol. The Bertz CT molecular complexity index is 1330. The molecule has 0 atom stereocenters. The number of rotatable bonds is 3. The molecule has 0 bridgehead atoms. The molecule has 0 radical (unpaired) electrons. The number of hydrogen-bond donors (Lipinski definition) is 2. The van der Waals surface area contributed by atoms with Gasteiger partial charge in [0, 0.05) is 11.6 Å². The first-order valence-corrected chi connectivity index (χ1v) is 9.19. The molecule has 0 aliphatic carbocycles. The SMILES string of the molecule is Cc1cc(=O)c(O)c(-c2c(-c3ccc(C)c(C)c3)[nH]n(-c3ccccc3)c2=O)o1. The van der Waals surface area contributed by atoms with Crippen molar-refractivity contribution in [3.63, 3.8) is 0 Å². The summed E-state index contributed by atoms with van der Waals surface area (Å²) in [6, 6.07) is 16.1. The van der Waals surface area contributed by atoms with Crippen molar-refractivity contribution in [3.05, 3.63) is 92.1 Å². The second kappa shape index (κ2) is 6.98. The quantitative estimate of drug-likeness (QED) is 0.553. The molecule has 2 N–H and O–H groups in total. The Kier molecular flexibility index (Phi) is 4.47. The topological polar surface area (TPSA) is 88.2 Å². The van der Waals surface area contributed by atoms with Crippen LogP contribution in [-0.2, 0) is 0 Å². The second-order valence-corrected chi connectivity index (χ2v) is 7.04. The molecule has 0 aliphatic heterocycles. The van der Waals surface area contributed by atoms with E-state index in [0.29, 0.717) is 17.1 Å². The number of aromatic amines is 1. The van der Waals surface area contributed by atoms with Gasteiger partial charge in [0.05, 0.1) is 11.4 Å². The monoisotopic (exact) mass is 388 g/mol. The summed E-state index contributed by atoms with van der Waals surface area (Å²) in [5.41, 5.74) is 3.10. The fourth-order valence-electron chi connectivity index (χ4n) is 3.29. The van der Waals surface area contributed by atoms with E-state index in [9.17, 15) is 14.7 Å². The summed E-state index contributed by atoms with van der Waals surface area (Å²) in [6.45, 7) is 5.58. The highest BCUT2D eigenvalue weighted by atomic mass is 16.4. The highest BCUT2D eigenvalue weighted by molar-refractivity contribution is 5.81. The molecule has 0 unspecified atom stereocenters. The minimum Gasteiger partial charge on any atom is -0.502 e. The fourth-order valence-corrected chi connectivity index (χ4v) is 3.29. The molecule has 4 aromatic rings. The Hall–Kier alpha value is -3.80. The predicted octanol–water partition coefficient (Wildman–Crippen LogP) is 4.08. The maximum Gasteiger partial charge on any atom is 0.283 e. The van der Waals surface area contributed by atoms with Crippen molar-refractivity contribution in [3.8, 4) is 34.0 Å². The van der Waals surface area contributed by atoms with Crippen LogP contribution in [0.25, 0.3) is 28.3 Å². The zero-order chi connectivity index (χ0) is 20.7. The van der Waals surface area contributed by atoms with Gasteiger partial charge in [-0.1, -0.05) is 30.3 Å². The van der Waals surface area contributed by atoms with Gasteiger partial charge in [-0.3, -0.25) is 14.7 Å². The number of aryl methyl sites for hydroxylation is 3. The number of nitrogens with one attached hydrogen (secondary N) is 1. The third-order valence-corrected chi connectivity index (χ3v) is 4.97. The number of benzene rings is 2. The summed E-state index contributed by atoms with van der Waals surface area (Å²) < 4.78 is 7.01. The summed E-state index contributed by atoms with van der Waals surface area (Å²) in [7, 11) is 0. The van der Waals surface area contributed by atoms with E-state index in [1.165, 1.54) is 10.7 Å². The van der Waals surface area contributed by atoms with Gasteiger partial charge in [-0.15, -0.1) is 0 Å². The lowest BCUT2D eigenvalue weighted by atomic mass is 10.0. The third kappa shape index (κ3) is 3.18. The molecule has 29 heavy (non-hydrogen) atoms. The number of aromatic nitrogens is 2. The molecule has 6 nitrogen and oxygen atoms in total. The molecule has 0 saturated carbocycles. The smallest absolute Gasteiger partial charge is 0.283 e. The third-order valence-electron chi connectivity index (χ3n) is 4.97. The highest BCUT2D eigenvalue weighted by Crippen LogP contribution is 2.33. The van der Waals surface area contributed by atoms with Crippen LogP contribution in [0.15, 0.2) is 68.6 Å². The maximum atomic E-state index is 13.3. The molecule has 4 rings (SSSR count). The van der Waals surface area contributed by atoms with Crippen molar-refractivity contribution in [1.82, 2.24) is 9.78 Å². The van der Waals surface area contributed by atoms with Crippen LogP contribution in [-0.4, -0.2) is 14.9 Å². The Labute approximate surface area is 166 Å². The van der Waals surface area contributed by atoms with E-state index in [1.807, 2.05) is 50.2 Å². The lowest BCUT2D eigenvalue weighted by Crippen LogP contribution is -2.16. The van der Waals surface area contributed by atoms with Gasteiger partial charge < -0.3 is 9.52 Å². The Balaban J connectivity index is 2.09. The molecular formula is C23H20N2O4. The van der Waals surface area contributed by atoms with Crippen LogP contribution in [0.1, 0.15) is 16.9 Å². The number of H-pyrrole nitrogens is 1. The number of aromatic hydroxyl groups is 1. The highest BCUT2D eigenvalue weighted by Gasteiger charge is 2.25. The molecule has 2 aromatic heterocycles. The first-order chi connectivity index (χ1) is 13.9. The van der Waals surface area contributed by atoms with E-state index in [0.717, 1.165) is 16.7 Å². The Morgan fingerprint density at radius 1 is 0.931 bits per heavy atom. The molecule has 0 spiro atoms. The van der Waals surface area contributed by atoms with E-state index < -0.39 is 16.7 Å². The molecule has 0 saturated heterocycles. The Morgan fingerprint density at radius 2 is 1.66 bits per heavy atom. The first kappa shape index (κ1) is 18.6. The van der Waals surface area contributed by atoms with E-state index in [-0.39, 0.29) is 11.3 Å². The van der Waals surface area contributed by atoms with Crippen LogP contribution in [0, 0.1) is 20.8 Å². The van der Waals surface area contributed by atoms with Crippen LogP contribution in [0.5, 0.6) is 5.75 Å². The van der Waals surface area contributed by atoms with E-state index in [2.05, 4.69) is 5.10 Å². The van der Waals surface area contributed by atoms with Gasteiger partial charge in [0.1, 0.15) is 11.3 Å². The fraction of sp³-hybridized carbons (Fsp3) is 0.130. The van der Waals surface area contributed by atoms with E-state index in [4.69, 9.17) is 4.42 Å². The number of nitrogens with zero attached hydrogens (tertiary/aromatic N) is 1. The molecule has 0 fully saturated rings. The van der Waals surface area contributed by atoms with Crippen LogP contribution >= 0.6 is 0 Å². The van der Waals surface area contributed by atoms with Gasteiger partial charge in [-0.25, -0.2) is 4.68 Å². The molecule has 6 heteroatoms. The predicted molar refractivity (Wildman–Crippen MR) is 112 cm³/mol. The maximum absolute atomic E-state index is 13.3. The van der Waals surface area contributed by atoms with Gasteiger partial charge in [0.15, 0.2) is 5.76 Å². The number of para-hydroxylation sites is 1. The summed E-state index contributed by atoms with van der Waals surface area (Å²) in [6.07, 6.45) is 0. The minimum atomic E-state index is -0.596. The molecule has 2 aromatic carbocycles. The van der Waals surface area contributed by atoms with Crippen LogP contribution in [0.4, 0.5) is 0 Å². The molecule has 2 heterocycles. The number of hydrogen-bond acceptors (Lipinski definition) is 4. The summed E-state index contributed by atoms with van der Waals surface area (Å²) in [5, 5.41) is 13.5. The van der Waals surface area contributed by atoms with E-state index in [1.54, 1.807) is 19.1 Å². The van der Waals surface area contributed by atoms with Gasteiger partial charge in [0.25, 0.3) is 5.56 Å². The average Bonchev–Trinajstić information content (AvgIpc) is 3.04. The zero-order valence-corrected chi connectivity index (χ0v) is 16.3. The van der Waals surface area contributed by atoms with Crippen molar-refractivity contribution in [2.45, 2.75) is 20.8 Å². The zero-order valence-electron chi connectivity index (χ0n) is 16.3. The van der Waals surface area contributed by atoms with Crippen molar-refractivity contribution in [2.75, 3.05) is 0 Å². The van der Waals surface area contributed by atoms with Crippen LogP contribution in [0.2, 0.25) is 0 Å². The van der Waals surface area contributed by atoms with Gasteiger partial charge in [-0.2, -0.15) is 0 Å². The van der Waals surface area contributed by atoms with Gasteiger partial charge in [0.2, 0.25) is 11.2 Å². The van der Waals surface area contributed by atoms with Gasteiger partial charge >= 0.3 is 0 Å². The largest absolute Gasteiger partial charge is 0.502 e. The standard InChI is InChI=1S/C23H20N2O4/c1-13-9-10-16(11-14(13)2)20-19(22-21(27)18(26)12-15(3)29-22)23(28)25(24-20)17-7-5-4-6-8-17/h4-12,24,27H,1-3H3. The van der Waals surface area contributed by atoms with Crippen molar-refractivity contribution in [2.24, 2.45) is 0 Å². The normalized spacial score (nSPS) is 11.0. The van der Waals surface area contributed by atoms with Crippen LogP contribution in [0.3, 0.4) is 0 Å². The lowest BCUT2D eigenvalue weighted by Gasteiger charge is -2.07. The summed E-state index contributed by atoms with van der Waals surface area (Å²) >= 11 is 0. The first-order valence-electron chi connectivity index (χ1n) is 9.19. The molecule has 0 amide bonds. The van der Waals surface area contributed by atoms with Crippen molar-refractivity contribution in [1.29, 1.82) is 0 Å². The Morgan fingerprint density at radius 3 is 2.34 bits per heavy atom. The molecule has 146 valence electrons. The molecule has 0 aliphatic rings. The van der Waals surface area contributed by atoms with Gasteiger partial charge in [-0.05, 0) is 50.1 Å². The second-order valence-electron chi connectivity index (χ2n) is 7.04. The summed E-state index contributed by atoms with van der Waals surface area (Å²) in [4.78, 5) is 25.5.